The molecule has 2 aliphatic rings. The van der Waals surface area contributed by atoms with E-state index in [9.17, 15) is 5.11 Å². The third-order valence-electron chi connectivity index (χ3n) is 2.23. The van der Waals surface area contributed by atoms with Gasteiger partial charge in [-0.05, 0) is 12.8 Å². The Kier molecular flexibility index (Phi) is 1.42. The van der Waals surface area contributed by atoms with Gasteiger partial charge in [-0.1, -0.05) is 0 Å². The van der Waals surface area contributed by atoms with Gasteiger partial charge in [-0.2, -0.15) is 0 Å². The van der Waals surface area contributed by atoms with Gasteiger partial charge in [-0.25, -0.2) is 9.78 Å². The average molecular weight is 146 g/mol. The number of hydrogen-bond donors (Lipinski definition) is 2. The summed E-state index contributed by atoms with van der Waals surface area (Å²) in [6.07, 6.45) is -0.0951. The van der Waals surface area contributed by atoms with Gasteiger partial charge < -0.3 is 10.2 Å². The Morgan fingerprint density at radius 1 is 1.10 bits per heavy atom. The Morgan fingerprint density at radius 2 is 1.90 bits per heavy atom. The average Bonchev–Trinajstić information content (AvgIpc) is 2.41. The van der Waals surface area contributed by atoms with Crippen LogP contribution in [0.5, 0.6) is 0 Å². The van der Waals surface area contributed by atoms with Gasteiger partial charge >= 0.3 is 0 Å². The molecule has 0 aromatic heterocycles. The Bertz CT molecular complexity index is 122. The molecule has 0 radical (unpaired) electrons. The van der Waals surface area contributed by atoms with Crippen molar-refractivity contribution in [2.24, 2.45) is 5.92 Å². The van der Waals surface area contributed by atoms with E-state index in [1.54, 1.807) is 0 Å². The van der Waals surface area contributed by atoms with Gasteiger partial charge in [0.05, 0.1) is 6.10 Å². The Balaban J connectivity index is 2.09. The van der Waals surface area contributed by atoms with Crippen molar-refractivity contribution in [2.45, 2.75) is 31.3 Å². The third kappa shape index (κ3) is 0.769. The number of rotatable bonds is 0. The van der Waals surface area contributed by atoms with E-state index in [2.05, 4.69) is 4.89 Å². The van der Waals surface area contributed by atoms with Gasteiger partial charge in [0, 0.05) is 5.92 Å². The molecule has 2 fully saturated rings. The molecule has 0 amide bonds. The smallest absolute Gasteiger partial charge is 0.194 e. The molecule has 2 N–H and O–H groups in total. The molecule has 4 nitrogen and oxygen atoms in total. The van der Waals surface area contributed by atoms with Crippen LogP contribution in [-0.4, -0.2) is 28.7 Å². The van der Waals surface area contributed by atoms with Gasteiger partial charge in [0.1, 0.15) is 6.10 Å². The summed E-state index contributed by atoms with van der Waals surface area (Å²) < 4.78 is 0. The fourth-order valence-corrected chi connectivity index (χ4v) is 1.61. The summed E-state index contributed by atoms with van der Waals surface area (Å²) in [6.45, 7) is 0. The van der Waals surface area contributed by atoms with Crippen LogP contribution in [0, 0.1) is 5.92 Å². The van der Waals surface area contributed by atoms with E-state index in [4.69, 9.17) is 9.99 Å². The zero-order chi connectivity index (χ0) is 7.14. The molecule has 4 atom stereocenters. The van der Waals surface area contributed by atoms with Crippen molar-refractivity contribution < 1.29 is 20.0 Å². The van der Waals surface area contributed by atoms with Gasteiger partial charge in [0.15, 0.2) is 6.29 Å². The lowest BCUT2D eigenvalue weighted by Crippen LogP contribution is -2.25. The van der Waals surface area contributed by atoms with E-state index in [1.165, 1.54) is 0 Å². The lowest BCUT2D eigenvalue weighted by molar-refractivity contribution is -0.342. The predicted molar refractivity (Wildman–Crippen MR) is 30.7 cm³/mol. The first-order valence-corrected chi connectivity index (χ1v) is 3.47. The third-order valence-corrected chi connectivity index (χ3v) is 2.23. The maximum atomic E-state index is 9.20. The van der Waals surface area contributed by atoms with E-state index in [1.807, 2.05) is 0 Å². The monoisotopic (exact) mass is 146 g/mol. The van der Waals surface area contributed by atoms with Crippen molar-refractivity contribution >= 4 is 0 Å². The van der Waals surface area contributed by atoms with Gasteiger partial charge in [-0.15, -0.1) is 0 Å². The van der Waals surface area contributed by atoms with Crippen LogP contribution in [0.2, 0.25) is 0 Å². The zero-order valence-corrected chi connectivity index (χ0v) is 5.43. The van der Waals surface area contributed by atoms with Crippen LogP contribution >= 0.6 is 0 Å². The van der Waals surface area contributed by atoms with Crippen molar-refractivity contribution in [3.8, 4) is 0 Å². The van der Waals surface area contributed by atoms with E-state index < -0.39 is 12.4 Å². The van der Waals surface area contributed by atoms with Crippen LogP contribution in [0.25, 0.3) is 0 Å². The highest BCUT2D eigenvalue weighted by atomic mass is 17.2. The highest BCUT2D eigenvalue weighted by Gasteiger charge is 2.46. The molecule has 2 rings (SSSR count). The molecule has 1 heterocycles. The molecular weight excluding hydrogens is 136 g/mol. The fraction of sp³-hybridized carbons (Fsp3) is 1.00. The molecule has 58 valence electrons. The summed E-state index contributed by atoms with van der Waals surface area (Å²) in [6, 6.07) is 0. The van der Waals surface area contributed by atoms with Crippen molar-refractivity contribution in [2.75, 3.05) is 0 Å². The molecule has 4 heteroatoms. The van der Waals surface area contributed by atoms with Gasteiger partial charge in [-0.3, -0.25) is 0 Å². The number of aliphatic hydroxyl groups is 2. The summed E-state index contributed by atoms with van der Waals surface area (Å²) in [7, 11) is 0. The minimum Gasteiger partial charge on any atom is -0.390 e. The van der Waals surface area contributed by atoms with Crippen LogP contribution < -0.4 is 0 Å². The van der Waals surface area contributed by atoms with Crippen molar-refractivity contribution in [1.82, 2.24) is 0 Å². The zero-order valence-electron chi connectivity index (χ0n) is 5.43. The van der Waals surface area contributed by atoms with Crippen LogP contribution in [0.4, 0.5) is 0 Å². The van der Waals surface area contributed by atoms with Crippen molar-refractivity contribution in [1.29, 1.82) is 0 Å². The van der Waals surface area contributed by atoms with Gasteiger partial charge in [0.25, 0.3) is 0 Å². The highest BCUT2D eigenvalue weighted by molar-refractivity contribution is 4.88. The summed E-state index contributed by atoms with van der Waals surface area (Å²) in [4.78, 5) is 9.19. The Morgan fingerprint density at radius 3 is 2.60 bits per heavy atom. The van der Waals surface area contributed by atoms with Crippen LogP contribution in [-0.2, 0) is 9.78 Å². The molecule has 0 spiro atoms. The molecule has 1 aliphatic carbocycles. The highest BCUT2D eigenvalue weighted by Crippen LogP contribution is 2.36. The number of aliphatic hydroxyl groups excluding tert-OH is 2. The lowest BCUT2D eigenvalue weighted by Gasteiger charge is -2.07. The van der Waals surface area contributed by atoms with Crippen molar-refractivity contribution in [3.05, 3.63) is 0 Å². The quantitative estimate of drug-likeness (QED) is 0.448. The molecule has 0 bridgehead atoms. The molecule has 10 heavy (non-hydrogen) atoms. The topological polar surface area (TPSA) is 58.9 Å². The van der Waals surface area contributed by atoms with Crippen molar-refractivity contribution in [3.63, 3.8) is 0 Å². The van der Waals surface area contributed by atoms with Gasteiger partial charge in [0.2, 0.25) is 0 Å². The van der Waals surface area contributed by atoms with E-state index in [0.717, 1.165) is 6.42 Å². The summed E-state index contributed by atoms with van der Waals surface area (Å²) in [5, 5.41) is 18.3. The normalized spacial score (nSPS) is 53.4. The second-order valence-corrected chi connectivity index (χ2v) is 2.86. The van der Waals surface area contributed by atoms with Crippen LogP contribution in [0.15, 0.2) is 0 Å². The summed E-state index contributed by atoms with van der Waals surface area (Å²) in [5.41, 5.74) is 0. The largest absolute Gasteiger partial charge is 0.390 e. The molecule has 4 unspecified atom stereocenters. The number of fused-ring (bicyclic) bond motifs is 1. The maximum absolute atomic E-state index is 9.20. The minimum atomic E-state index is -0.831. The Hall–Kier alpha value is -0.160. The predicted octanol–water partition coefficient (Wildman–Crippen LogP) is -0.594. The number of hydrogen-bond acceptors (Lipinski definition) is 4. The second kappa shape index (κ2) is 2.17. The fourth-order valence-electron chi connectivity index (χ4n) is 1.61. The summed E-state index contributed by atoms with van der Waals surface area (Å²) in [5.74, 6) is -0.0185. The molecular formula is C6H10O4. The van der Waals surface area contributed by atoms with E-state index >= 15 is 0 Å². The van der Waals surface area contributed by atoms with Crippen LogP contribution in [0.3, 0.4) is 0 Å². The Labute approximate surface area is 58.3 Å². The SMILES string of the molecule is OC1CCC2C(O)OOC12. The molecule has 0 aromatic rings. The second-order valence-electron chi connectivity index (χ2n) is 2.86. The standard InChI is InChI=1S/C6H10O4/c7-4-2-1-3-5(4)9-10-6(3)8/h3-8H,1-2H2. The first-order valence-electron chi connectivity index (χ1n) is 3.47. The molecule has 1 saturated heterocycles. The molecule has 0 aromatic carbocycles. The minimum absolute atomic E-state index is 0.0185. The first kappa shape index (κ1) is 6.54. The van der Waals surface area contributed by atoms with E-state index in [-0.39, 0.29) is 12.0 Å². The lowest BCUT2D eigenvalue weighted by atomic mass is 10.1. The summed E-state index contributed by atoms with van der Waals surface area (Å²) >= 11 is 0. The first-order chi connectivity index (χ1) is 4.79. The maximum Gasteiger partial charge on any atom is 0.194 e. The molecule has 1 saturated carbocycles. The van der Waals surface area contributed by atoms with Crippen LogP contribution in [0.1, 0.15) is 12.8 Å². The van der Waals surface area contributed by atoms with E-state index in [0.29, 0.717) is 6.42 Å². The molecule has 1 aliphatic heterocycles.